The predicted octanol–water partition coefficient (Wildman–Crippen LogP) is 3.72. The van der Waals surface area contributed by atoms with Crippen LogP contribution in [0.15, 0.2) is 34.8 Å². The third-order valence-electron chi connectivity index (χ3n) is 2.26. The van der Waals surface area contributed by atoms with Crippen molar-refractivity contribution in [3.63, 3.8) is 0 Å². The van der Waals surface area contributed by atoms with Crippen LogP contribution in [-0.4, -0.2) is 13.1 Å². The quantitative estimate of drug-likeness (QED) is 0.785. The first-order valence-electron chi connectivity index (χ1n) is 5.17. The van der Waals surface area contributed by atoms with Gasteiger partial charge >= 0.3 is 0 Å². The fourth-order valence-electron chi connectivity index (χ4n) is 1.53. The van der Waals surface area contributed by atoms with Gasteiger partial charge in [-0.05, 0) is 48.0 Å². The molecule has 3 heteroatoms. The van der Waals surface area contributed by atoms with Crippen LogP contribution in [0.25, 0.3) is 0 Å². The molecule has 0 N–H and O–H groups in total. The molecule has 0 radical (unpaired) electrons. The van der Waals surface area contributed by atoms with E-state index in [1.807, 2.05) is 25.1 Å². The highest BCUT2D eigenvalue weighted by atomic mass is 79.9. The van der Waals surface area contributed by atoms with Gasteiger partial charge in [-0.1, -0.05) is 12.2 Å². The lowest BCUT2D eigenvalue weighted by molar-refractivity contribution is 0.878. The highest BCUT2D eigenvalue weighted by Crippen LogP contribution is 2.27. The minimum atomic E-state index is 0.669. The van der Waals surface area contributed by atoms with Crippen molar-refractivity contribution in [3.8, 4) is 6.07 Å². The molecular formula is C13H15BrN2. The molecule has 0 fully saturated rings. The molecule has 2 nitrogen and oxygen atoms in total. The van der Waals surface area contributed by atoms with Crippen LogP contribution in [0.4, 0.5) is 5.69 Å². The summed E-state index contributed by atoms with van der Waals surface area (Å²) in [6.45, 7) is 9.79. The first-order chi connectivity index (χ1) is 7.58. The van der Waals surface area contributed by atoms with Gasteiger partial charge < -0.3 is 4.90 Å². The molecule has 0 heterocycles. The lowest BCUT2D eigenvalue weighted by Gasteiger charge is -2.24. The molecule has 0 aliphatic heterocycles. The Balaban J connectivity index is 3.02. The Hall–Kier alpha value is -1.27. The molecule has 0 unspecified atom stereocenters. The van der Waals surface area contributed by atoms with Crippen LogP contribution in [0.3, 0.4) is 0 Å². The molecule has 0 atom stereocenters. The van der Waals surface area contributed by atoms with Crippen molar-refractivity contribution >= 4 is 21.6 Å². The molecule has 16 heavy (non-hydrogen) atoms. The second-order valence-corrected chi connectivity index (χ2v) is 4.60. The summed E-state index contributed by atoms with van der Waals surface area (Å²) in [5.74, 6) is 0. The summed E-state index contributed by atoms with van der Waals surface area (Å²) in [4.78, 5) is 2.22. The van der Waals surface area contributed by atoms with Crippen LogP contribution < -0.4 is 4.90 Å². The van der Waals surface area contributed by atoms with E-state index in [9.17, 15) is 0 Å². The van der Waals surface area contributed by atoms with E-state index in [4.69, 9.17) is 5.26 Å². The normalized spacial score (nSPS) is 9.62. The third-order valence-corrected chi connectivity index (χ3v) is 2.90. The molecule has 0 saturated heterocycles. The molecule has 0 amide bonds. The standard InChI is InChI=1S/C13H15BrN2/c1-4-16(9-10(2)3)13-6-5-11(8-15)7-12(13)14/h5-7H,2,4,9H2,1,3H3. The second-order valence-electron chi connectivity index (χ2n) is 3.75. The topological polar surface area (TPSA) is 27.0 Å². The minimum Gasteiger partial charge on any atom is -0.367 e. The Morgan fingerprint density at radius 3 is 2.69 bits per heavy atom. The highest BCUT2D eigenvalue weighted by molar-refractivity contribution is 9.10. The Morgan fingerprint density at radius 2 is 2.25 bits per heavy atom. The summed E-state index contributed by atoms with van der Waals surface area (Å²) >= 11 is 3.50. The van der Waals surface area contributed by atoms with Crippen molar-refractivity contribution in [2.75, 3.05) is 18.0 Å². The Kier molecular flexibility index (Phi) is 4.57. The average Bonchev–Trinajstić information content (AvgIpc) is 2.25. The van der Waals surface area contributed by atoms with Crippen molar-refractivity contribution in [1.82, 2.24) is 0 Å². The van der Waals surface area contributed by atoms with Gasteiger partial charge in [0.25, 0.3) is 0 Å². The van der Waals surface area contributed by atoms with Gasteiger partial charge in [0.05, 0.1) is 17.3 Å². The van der Waals surface area contributed by atoms with Crippen LogP contribution in [0.1, 0.15) is 19.4 Å². The van der Waals surface area contributed by atoms with Crippen LogP contribution in [0.2, 0.25) is 0 Å². The third kappa shape index (κ3) is 3.11. The maximum absolute atomic E-state index is 8.80. The molecule has 0 saturated carbocycles. The lowest BCUT2D eigenvalue weighted by atomic mass is 10.2. The molecule has 0 aliphatic rings. The first kappa shape index (κ1) is 12.8. The molecule has 0 aliphatic carbocycles. The summed E-state index contributed by atoms with van der Waals surface area (Å²) in [6.07, 6.45) is 0. The maximum Gasteiger partial charge on any atom is 0.0992 e. The van der Waals surface area contributed by atoms with Crippen molar-refractivity contribution in [3.05, 3.63) is 40.4 Å². The number of hydrogen-bond acceptors (Lipinski definition) is 2. The summed E-state index contributed by atoms with van der Waals surface area (Å²) in [5.41, 5.74) is 2.89. The molecule has 0 spiro atoms. The largest absolute Gasteiger partial charge is 0.367 e. The number of likely N-dealkylation sites (N-methyl/N-ethyl adjacent to an activating group) is 1. The molecule has 0 bridgehead atoms. The number of benzene rings is 1. The van der Waals surface area contributed by atoms with Gasteiger partial charge in [0.2, 0.25) is 0 Å². The average molecular weight is 279 g/mol. The summed E-state index contributed by atoms with van der Waals surface area (Å²) < 4.78 is 0.953. The molecule has 84 valence electrons. The van der Waals surface area contributed by atoms with E-state index >= 15 is 0 Å². The SMILES string of the molecule is C=C(C)CN(CC)c1ccc(C#N)cc1Br. The van der Waals surface area contributed by atoms with Crippen molar-refractivity contribution in [1.29, 1.82) is 5.26 Å². The summed E-state index contributed by atoms with van der Waals surface area (Å²) in [5, 5.41) is 8.80. The van der Waals surface area contributed by atoms with E-state index < -0.39 is 0 Å². The maximum atomic E-state index is 8.80. The molecule has 1 aromatic rings. The summed E-state index contributed by atoms with van der Waals surface area (Å²) in [7, 11) is 0. The van der Waals surface area contributed by atoms with Gasteiger partial charge in [0, 0.05) is 17.6 Å². The van der Waals surface area contributed by atoms with Gasteiger partial charge in [-0.2, -0.15) is 5.26 Å². The monoisotopic (exact) mass is 278 g/mol. The molecule has 1 rings (SSSR count). The van der Waals surface area contributed by atoms with Crippen molar-refractivity contribution in [2.24, 2.45) is 0 Å². The Bertz CT molecular complexity index is 432. The minimum absolute atomic E-state index is 0.669. The zero-order valence-corrected chi connectivity index (χ0v) is 11.2. The second kappa shape index (κ2) is 5.72. The zero-order chi connectivity index (χ0) is 12.1. The van der Waals surface area contributed by atoms with Gasteiger partial charge in [-0.15, -0.1) is 0 Å². The molecule has 0 aromatic heterocycles. The number of nitriles is 1. The summed E-state index contributed by atoms with van der Waals surface area (Å²) in [6, 6.07) is 7.77. The van der Waals surface area contributed by atoms with Crippen molar-refractivity contribution in [2.45, 2.75) is 13.8 Å². The van der Waals surface area contributed by atoms with Crippen molar-refractivity contribution < 1.29 is 0 Å². The molecular weight excluding hydrogens is 264 g/mol. The Morgan fingerprint density at radius 1 is 1.56 bits per heavy atom. The van der Waals surface area contributed by atoms with E-state index in [0.717, 1.165) is 28.8 Å². The van der Waals surface area contributed by atoms with Crippen LogP contribution in [0.5, 0.6) is 0 Å². The first-order valence-corrected chi connectivity index (χ1v) is 5.96. The number of anilines is 1. The number of hydrogen-bond donors (Lipinski definition) is 0. The van der Waals surface area contributed by atoms with E-state index in [-0.39, 0.29) is 0 Å². The Labute approximate surface area is 105 Å². The predicted molar refractivity (Wildman–Crippen MR) is 71.6 cm³/mol. The van der Waals surface area contributed by atoms with Gasteiger partial charge in [0.1, 0.15) is 0 Å². The van der Waals surface area contributed by atoms with E-state index in [1.165, 1.54) is 0 Å². The van der Waals surface area contributed by atoms with Crippen LogP contribution >= 0.6 is 15.9 Å². The number of halogens is 1. The zero-order valence-electron chi connectivity index (χ0n) is 9.63. The fraction of sp³-hybridized carbons (Fsp3) is 0.308. The van der Waals surface area contributed by atoms with Crippen LogP contribution in [0, 0.1) is 11.3 Å². The number of nitrogens with zero attached hydrogens (tertiary/aromatic N) is 2. The number of rotatable bonds is 4. The van der Waals surface area contributed by atoms with Gasteiger partial charge in [-0.3, -0.25) is 0 Å². The van der Waals surface area contributed by atoms with E-state index in [1.54, 1.807) is 0 Å². The van der Waals surface area contributed by atoms with E-state index in [0.29, 0.717) is 5.56 Å². The smallest absolute Gasteiger partial charge is 0.0992 e. The fourth-order valence-corrected chi connectivity index (χ4v) is 2.16. The lowest BCUT2D eigenvalue weighted by Crippen LogP contribution is -2.24. The van der Waals surface area contributed by atoms with Crippen LogP contribution in [-0.2, 0) is 0 Å². The van der Waals surface area contributed by atoms with E-state index in [2.05, 4.69) is 40.4 Å². The van der Waals surface area contributed by atoms with Gasteiger partial charge in [-0.25, -0.2) is 0 Å². The molecule has 1 aromatic carbocycles. The van der Waals surface area contributed by atoms with Gasteiger partial charge in [0.15, 0.2) is 0 Å². The highest BCUT2D eigenvalue weighted by Gasteiger charge is 2.08.